The highest BCUT2D eigenvalue weighted by atomic mass is 79.9. The first-order valence-corrected chi connectivity index (χ1v) is 16.0. The lowest BCUT2D eigenvalue weighted by molar-refractivity contribution is -0.122. The van der Waals surface area contributed by atoms with Gasteiger partial charge in [0.2, 0.25) is 0 Å². The van der Waals surface area contributed by atoms with Crippen LogP contribution < -0.4 is 23.9 Å². The Balaban J connectivity index is 1.40. The molecule has 0 bridgehead atoms. The maximum Gasteiger partial charge on any atom is 0.339 e. The summed E-state index contributed by atoms with van der Waals surface area (Å²) in [7, 11) is -4.27. The van der Waals surface area contributed by atoms with E-state index in [2.05, 4.69) is 21.2 Å². The van der Waals surface area contributed by atoms with E-state index in [1.807, 2.05) is 30.3 Å². The number of nitrogens with zero attached hydrogens (tertiary/aromatic N) is 1. The summed E-state index contributed by atoms with van der Waals surface area (Å²) < 4.78 is 42.9. The standard InChI is InChI=1S/C32H24BrClN2O8S/c1-2-42-28-18-21(17-27(33)29(28)44-45(40,41)25-14-8-22(34)9-15-25)16-26-30(37)35-32(39)36(31(26)38)23-10-12-24(13-11-23)43-19-20-6-4-3-5-7-20/h3-18H,2,19H2,1H3,(H,35,37,39)/b26-16+. The normalized spacial score (nSPS) is 14.3. The van der Waals surface area contributed by atoms with Crippen molar-refractivity contribution in [1.29, 1.82) is 0 Å². The van der Waals surface area contributed by atoms with Gasteiger partial charge in [0.15, 0.2) is 11.5 Å². The Morgan fingerprint density at radius 3 is 2.27 bits per heavy atom. The van der Waals surface area contributed by atoms with Gasteiger partial charge in [0.1, 0.15) is 22.8 Å². The Bertz CT molecular complexity index is 1900. The summed E-state index contributed by atoms with van der Waals surface area (Å²) in [5.74, 6) is -1.35. The molecule has 0 atom stereocenters. The van der Waals surface area contributed by atoms with Crippen LogP contribution in [0.4, 0.5) is 10.5 Å². The third-order valence-electron chi connectivity index (χ3n) is 6.38. The van der Waals surface area contributed by atoms with E-state index in [9.17, 15) is 22.8 Å². The zero-order valence-electron chi connectivity index (χ0n) is 23.5. The van der Waals surface area contributed by atoms with Gasteiger partial charge in [-0.15, -0.1) is 0 Å². The molecule has 4 amide bonds. The molecular formula is C32H24BrClN2O8S. The summed E-state index contributed by atoms with van der Waals surface area (Å²) in [5, 5.41) is 2.54. The van der Waals surface area contributed by atoms with E-state index < -0.39 is 28.0 Å². The summed E-state index contributed by atoms with van der Waals surface area (Å²) in [4.78, 5) is 39.7. The molecule has 4 aromatic rings. The fourth-order valence-electron chi connectivity index (χ4n) is 4.27. The maximum absolute atomic E-state index is 13.5. The van der Waals surface area contributed by atoms with Crippen molar-refractivity contribution < 1.29 is 36.5 Å². The van der Waals surface area contributed by atoms with E-state index in [4.69, 9.17) is 25.3 Å². The number of ether oxygens (including phenoxy) is 2. The number of imide groups is 2. The van der Waals surface area contributed by atoms with Crippen molar-refractivity contribution in [2.75, 3.05) is 11.5 Å². The number of carbonyl (C=O) groups is 3. The molecule has 1 heterocycles. The number of halogens is 2. The zero-order valence-corrected chi connectivity index (χ0v) is 26.7. The Morgan fingerprint density at radius 2 is 1.60 bits per heavy atom. The van der Waals surface area contributed by atoms with Crippen molar-refractivity contribution in [3.63, 3.8) is 0 Å². The third-order valence-corrected chi connectivity index (χ3v) is 8.46. The predicted octanol–water partition coefficient (Wildman–Crippen LogP) is 6.51. The molecule has 1 N–H and O–H groups in total. The average molecular weight is 712 g/mol. The third kappa shape index (κ3) is 7.36. The summed E-state index contributed by atoms with van der Waals surface area (Å²) >= 11 is 9.18. The minimum Gasteiger partial charge on any atom is -0.490 e. The highest BCUT2D eigenvalue weighted by Crippen LogP contribution is 2.39. The van der Waals surface area contributed by atoms with Gasteiger partial charge in [-0.25, -0.2) is 9.69 Å². The number of rotatable bonds is 10. The summed E-state index contributed by atoms with van der Waals surface area (Å²) in [5.41, 5.74) is 1.15. The Kier molecular flexibility index (Phi) is 9.57. The molecule has 0 saturated carbocycles. The molecule has 1 fully saturated rings. The van der Waals surface area contributed by atoms with Crippen LogP contribution in [-0.2, 0) is 26.3 Å². The minimum absolute atomic E-state index is 0.0268. The lowest BCUT2D eigenvalue weighted by atomic mass is 10.1. The van der Waals surface area contributed by atoms with E-state index in [1.165, 1.54) is 54.6 Å². The van der Waals surface area contributed by atoms with Gasteiger partial charge >= 0.3 is 16.1 Å². The van der Waals surface area contributed by atoms with E-state index in [-0.39, 0.29) is 38.7 Å². The van der Waals surface area contributed by atoms with Gasteiger partial charge in [-0.1, -0.05) is 41.9 Å². The van der Waals surface area contributed by atoms with Crippen LogP contribution >= 0.6 is 27.5 Å². The molecular weight excluding hydrogens is 688 g/mol. The fraction of sp³-hybridized carbons (Fsp3) is 0.0938. The van der Waals surface area contributed by atoms with Crippen LogP contribution in [0.5, 0.6) is 17.2 Å². The number of nitrogens with one attached hydrogen (secondary N) is 1. The predicted molar refractivity (Wildman–Crippen MR) is 171 cm³/mol. The van der Waals surface area contributed by atoms with Crippen LogP contribution in [-0.4, -0.2) is 32.9 Å². The van der Waals surface area contributed by atoms with Gasteiger partial charge in [-0.3, -0.25) is 14.9 Å². The van der Waals surface area contributed by atoms with Crippen LogP contribution in [0, 0.1) is 0 Å². The van der Waals surface area contributed by atoms with E-state index in [0.29, 0.717) is 22.9 Å². The Labute approximate surface area is 272 Å². The fourth-order valence-corrected chi connectivity index (χ4v) is 6.00. The van der Waals surface area contributed by atoms with E-state index in [0.717, 1.165) is 10.5 Å². The second-order valence-corrected chi connectivity index (χ2v) is 12.3. The van der Waals surface area contributed by atoms with E-state index in [1.54, 1.807) is 19.1 Å². The number of hydrogen-bond acceptors (Lipinski definition) is 8. The molecule has 13 heteroatoms. The summed E-state index contributed by atoms with van der Waals surface area (Å²) in [6.45, 7) is 2.17. The van der Waals surface area contributed by atoms with Gasteiger partial charge in [-0.2, -0.15) is 8.42 Å². The maximum atomic E-state index is 13.5. The monoisotopic (exact) mass is 710 g/mol. The van der Waals surface area contributed by atoms with Gasteiger partial charge in [0.25, 0.3) is 11.8 Å². The molecule has 0 aliphatic carbocycles. The lowest BCUT2D eigenvalue weighted by Gasteiger charge is -2.26. The Hall–Kier alpha value is -4.65. The van der Waals surface area contributed by atoms with Gasteiger partial charge in [0.05, 0.1) is 16.8 Å². The second kappa shape index (κ2) is 13.6. The van der Waals surface area contributed by atoms with Crippen LogP contribution in [0.2, 0.25) is 5.02 Å². The van der Waals surface area contributed by atoms with Crippen molar-refractivity contribution in [1.82, 2.24) is 5.32 Å². The highest BCUT2D eigenvalue weighted by molar-refractivity contribution is 9.10. The number of benzene rings is 4. The minimum atomic E-state index is -4.27. The SMILES string of the molecule is CCOc1cc(/C=C2\C(=O)NC(=O)N(c3ccc(OCc4ccccc4)cc3)C2=O)cc(Br)c1OS(=O)(=O)c1ccc(Cl)cc1. The highest BCUT2D eigenvalue weighted by Gasteiger charge is 2.37. The lowest BCUT2D eigenvalue weighted by Crippen LogP contribution is -2.54. The number of hydrogen-bond donors (Lipinski definition) is 1. The summed E-state index contributed by atoms with van der Waals surface area (Å²) in [6.07, 6.45) is 1.26. The van der Waals surface area contributed by atoms with Crippen molar-refractivity contribution in [3.05, 3.63) is 117 Å². The smallest absolute Gasteiger partial charge is 0.339 e. The van der Waals surface area contributed by atoms with E-state index >= 15 is 0 Å². The molecule has 5 rings (SSSR count). The molecule has 1 aliphatic rings. The number of amides is 4. The molecule has 0 radical (unpaired) electrons. The van der Waals surface area contributed by atoms with Crippen molar-refractivity contribution >= 4 is 67.3 Å². The largest absolute Gasteiger partial charge is 0.490 e. The molecule has 1 saturated heterocycles. The number of carbonyl (C=O) groups excluding carboxylic acids is 3. The first kappa shape index (κ1) is 31.8. The van der Waals surface area contributed by atoms with Crippen molar-refractivity contribution in [2.45, 2.75) is 18.4 Å². The van der Waals surface area contributed by atoms with Crippen LogP contribution in [0.25, 0.3) is 6.08 Å². The van der Waals surface area contributed by atoms with Crippen molar-refractivity contribution in [3.8, 4) is 17.2 Å². The number of anilines is 1. The number of urea groups is 1. The average Bonchev–Trinajstić information content (AvgIpc) is 3.01. The van der Waals surface area contributed by atoms with Crippen LogP contribution in [0.1, 0.15) is 18.1 Å². The molecule has 230 valence electrons. The quantitative estimate of drug-likeness (QED) is 0.112. The van der Waals surface area contributed by atoms with Gasteiger partial charge in [-0.05, 0) is 101 Å². The second-order valence-electron chi connectivity index (χ2n) is 9.48. The Morgan fingerprint density at radius 1 is 0.911 bits per heavy atom. The van der Waals surface area contributed by atoms with Crippen LogP contribution in [0.3, 0.4) is 0 Å². The molecule has 45 heavy (non-hydrogen) atoms. The number of barbiturate groups is 1. The van der Waals surface area contributed by atoms with Crippen molar-refractivity contribution in [2.24, 2.45) is 0 Å². The first-order chi connectivity index (χ1) is 21.6. The molecule has 4 aromatic carbocycles. The summed E-state index contributed by atoms with van der Waals surface area (Å²) in [6, 6.07) is 23.2. The molecule has 0 unspecified atom stereocenters. The molecule has 0 aromatic heterocycles. The van der Waals surface area contributed by atoms with Gasteiger partial charge < -0.3 is 13.7 Å². The molecule has 1 aliphatic heterocycles. The first-order valence-electron chi connectivity index (χ1n) is 13.4. The van der Waals surface area contributed by atoms with Crippen LogP contribution in [0.15, 0.2) is 106 Å². The zero-order chi connectivity index (χ0) is 32.1. The molecule has 0 spiro atoms. The molecule has 10 nitrogen and oxygen atoms in total. The van der Waals surface area contributed by atoms with Gasteiger partial charge in [0, 0.05) is 5.02 Å². The topological polar surface area (TPSA) is 128 Å².